The molecule has 0 atom stereocenters. The van der Waals surface area contributed by atoms with Gasteiger partial charge in [0.15, 0.2) is 5.78 Å². The van der Waals surface area contributed by atoms with Crippen LogP contribution in [0.25, 0.3) is 22.6 Å². The van der Waals surface area contributed by atoms with Gasteiger partial charge in [0, 0.05) is 55.9 Å². The first-order chi connectivity index (χ1) is 25.2. The molecule has 0 radical (unpaired) electrons. The zero-order valence-electron chi connectivity index (χ0n) is 30.3. The quantitative estimate of drug-likeness (QED) is 0.0787. The van der Waals surface area contributed by atoms with E-state index in [1.54, 1.807) is 45.8 Å². The first-order valence-electron chi connectivity index (χ1n) is 17.8. The summed E-state index contributed by atoms with van der Waals surface area (Å²) in [6, 6.07) is 20.0. The molecule has 0 aliphatic carbocycles. The van der Waals surface area contributed by atoms with Crippen molar-refractivity contribution in [1.82, 2.24) is 25.0 Å². The number of hydrogen-bond donors (Lipinski definition) is 2. The third kappa shape index (κ3) is 11.3. The zero-order valence-corrected chi connectivity index (χ0v) is 30.3. The third-order valence-electron chi connectivity index (χ3n) is 8.58. The van der Waals surface area contributed by atoms with E-state index in [1.807, 2.05) is 51.1 Å². The summed E-state index contributed by atoms with van der Waals surface area (Å²) in [4.78, 5) is 50.7. The average Bonchev–Trinajstić information content (AvgIpc) is 3.63. The van der Waals surface area contributed by atoms with Gasteiger partial charge in [-0.1, -0.05) is 25.5 Å². The van der Waals surface area contributed by atoms with E-state index < -0.39 is 5.56 Å². The first kappa shape index (κ1) is 39.4. The summed E-state index contributed by atoms with van der Waals surface area (Å²) in [6.45, 7) is 7.91. The van der Waals surface area contributed by atoms with Crippen LogP contribution in [-0.2, 0) is 14.3 Å². The Balaban J connectivity index is 1.28. The second-order valence-corrected chi connectivity index (χ2v) is 12.5. The van der Waals surface area contributed by atoms with Crippen LogP contribution >= 0.6 is 0 Å². The molecule has 274 valence electrons. The Kier molecular flexibility index (Phi) is 15.5. The number of ketones is 2. The molecule has 0 aliphatic rings. The van der Waals surface area contributed by atoms with E-state index in [-0.39, 0.29) is 29.6 Å². The van der Waals surface area contributed by atoms with Gasteiger partial charge in [-0.15, -0.1) is 0 Å². The number of carbonyl (C=O) groups excluding carboxylic acids is 3. The summed E-state index contributed by atoms with van der Waals surface area (Å²) in [5, 5.41) is 19.3. The van der Waals surface area contributed by atoms with Crippen LogP contribution in [-0.4, -0.2) is 71.5 Å². The first-order valence-corrected chi connectivity index (χ1v) is 17.8. The standard InChI is InChI=1S/C40H48N6O6/c1-4-34(47)12-6-5-7-19-42-40(50)43-21-23-52-25-24-51-22-9-13-38(48)36-27-35(30(3)45(39(36)49)33-11-8-10-29(2)26-33)37-18-20-44-46(37)32-16-14-31(28-41)15-17-32/h8,10-11,14-18,20,26-27H,4-7,9,12-13,19,21-25H2,1-3H3,(H2,42,43,50). The lowest BCUT2D eigenvalue weighted by Gasteiger charge is -2.18. The molecule has 4 rings (SSSR count). The second kappa shape index (κ2) is 20.5. The molecule has 0 unspecified atom stereocenters. The molecule has 2 amide bonds. The predicted molar refractivity (Wildman–Crippen MR) is 199 cm³/mol. The van der Waals surface area contributed by atoms with Crippen molar-refractivity contribution in [1.29, 1.82) is 5.26 Å². The number of pyridine rings is 1. The lowest BCUT2D eigenvalue weighted by Crippen LogP contribution is -2.37. The van der Waals surface area contributed by atoms with Crippen molar-refractivity contribution in [2.24, 2.45) is 0 Å². The van der Waals surface area contributed by atoms with Gasteiger partial charge in [-0.25, -0.2) is 9.48 Å². The molecule has 12 heteroatoms. The van der Waals surface area contributed by atoms with Crippen LogP contribution < -0.4 is 16.2 Å². The van der Waals surface area contributed by atoms with Crippen LogP contribution in [0.4, 0.5) is 4.79 Å². The molecule has 4 aromatic rings. The van der Waals surface area contributed by atoms with E-state index in [4.69, 9.17) is 9.47 Å². The van der Waals surface area contributed by atoms with E-state index >= 15 is 0 Å². The van der Waals surface area contributed by atoms with Crippen LogP contribution in [0.2, 0.25) is 0 Å². The minimum absolute atomic E-state index is 0.0815. The van der Waals surface area contributed by atoms with Gasteiger partial charge in [-0.3, -0.25) is 19.0 Å². The fourth-order valence-corrected chi connectivity index (χ4v) is 5.72. The number of ether oxygens (including phenoxy) is 2. The number of nitriles is 1. The van der Waals surface area contributed by atoms with E-state index in [0.717, 1.165) is 30.5 Å². The fraction of sp³-hybridized carbons (Fsp3) is 0.400. The molecule has 0 fully saturated rings. The van der Waals surface area contributed by atoms with Crippen molar-refractivity contribution >= 4 is 17.6 Å². The topological polar surface area (TPSA) is 157 Å². The van der Waals surface area contributed by atoms with E-state index in [2.05, 4.69) is 21.8 Å². The Bertz CT molecular complexity index is 1910. The van der Waals surface area contributed by atoms with Crippen molar-refractivity contribution in [2.75, 3.05) is 39.5 Å². The second-order valence-electron chi connectivity index (χ2n) is 12.5. The highest BCUT2D eigenvalue weighted by Gasteiger charge is 2.21. The number of unbranched alkanes of at least 4 members (excludes halogenated alkanes) is 2. The number of aryl methyl sites for hydroxylation is 1. The van der Waals surface area contributed by atoms with Crippen LogP contribution in [0.1, 0.15) is 79.0 Å². The molecule has 0 aliphatic heterocycles. The molecule has 2 aromatic carbocycles. The lowest BCUT2D eigenvalue weighted by molar-refractivity contribution is -0.118. The highest BCUT2D eigenvalue weighted by molar-refractivity contribution is 5.97. The predicted octanol–water partition coefficient (Wildman–Crippen LogP) is 6.01. The smallest absolute Gasteiger partial charge is 0.314 e. The molecule has 2 N–H and O–H groups in total. The van der Waals surface area contributed by atoms with Gasteiger partial charge in [0.25, 0.3) is 5.56 Å². The molecule has 0 saturated heterocycles. The van der Waals surface area contributed by atoms with Gasteiger partial charge in [0.1, 0.15) is 5.78 Å². The van der Waals surface area contributed by atoms with Crippen molar-refractivity contribution in [3.63, 3.8) is 0 Å². The minimum atomic E-state index is -0.391. The molecule has 0 saturated carbocycles. The van der Waals surface area contributed by atoms with Gasteiger partial charge in [-0.2, -0.15) is 10.4 Å². The highest BCUT2D eigenvalue weighted by atomic mass is 16.5. The van der Waals surface area contributed by atoms with E-state index in [0.29, 0.717) is 87.0 Å². The number of nitrogens with zero attached hydrogens (tertiary/aromatic N) is 4. The van der Waals surface area contributed by atoms with Crippen molar-refractivity contribution in [3.8, 4) is 28.7 Å². The van der Waals surface area contributed by atoms with Gasteiger partial charge in [-0.05, 0) is 87.2 Å². The highest BCUT2D eigenvalue weighted by Crippen LogP contribution is 2.28. The van der Waals surface area contributed by atoms with Gasteiger partial charge in [0.2, 0.25) is 0 Å². The fourth-order valence-electron chi connectivity index (χ4n) is 5.72. The number of carbonyl (C=O) groups is 3. The summed E-state index contributed by atoms with van der Waals surface area (Å²) >= 11 is 0. The summed E-state index contributed by atoms with van der Waals surface area (Å²) in [6.07, 6.45) is 5.96. The van der Waals surface area contributed by atoms with Crippen molar-refractivity contribution < 1.29 is 23.9 Å². The number of amides is 2. The number of benzene rings is 2. The maximum absolute atomic E-state index is 13.9. The Hall–Kier alpha value is -5.38. The maximum atomic E-state index is 13.9. The monoisotopic (exact) mass is 708 g/mol. The van der Waals surface area contributed by atoms with Crippen LogP contribution in [0, 0.1) is 25.2 Å². The summed E-state index contributed by atoms with van der Waals surface area (Å²) in [7, 11) is 0. The number of urea groups is 1. The SMILES string of the molecule is CCC(=O)CCCCCNC(=O)NCCOCCOCCCC(=O)c1cc(-c2ccnn2-c2ccc(C#N)cc2)c(C)n(-c2cccc(C)c2)c1=O. The largest absolute Gasteiger partial charge is 0.379 e. The molecular formula is C40H48N6O6. The molecule has 2 aromatic heterocycles. The Labute approximate surface area is 304 Å². The summed E-state index contributed by atoms with van der Waals surface area (Å²) in [5.41, 5.74) is 4.64. The molecular weight excluding hydrogens is 660 g/mol. The average molecular weight is 709 g/mol. The Morgan fingerprint density at radius 3 is 2.31 bits per heavy atom. The summed E-state index contributed by atoms with van der Waals surface area (Å²) in [5.74, 6) is -0.0125. The van der Waals surface area contributed by atoms with Crippen molar-refractivity contribution in [2.45, 2.75) is 65.7 Å². The number of nitrogens with one attached hydrogen (secondary N) is 2. The van der Waals surface area contributed by atoms with E-state index in [9.17, 15) is 24.4 Å². The minimum Gasteiger partial charge on any atom is -0.379 e. The van der Waals surface area contributed by atoms with Crippen molar-refractivity contribution in [3.05, 3.63) is 99.6 Å². The Morgan fingerprint density at radius 1 is 0.827 bits per heavy atom. The Morgan fingerprint density at radius 2 is 1.58 bits per heavy atom. The third-order valence-corrected chi connectivity index (χ3v) is 8.58. The number of rotatable bonds is 21. The maximum Gasteiger partial charge on any atom is 0.314 e. The summed E-state index contributed by atoms with van der Waals surface area (Å²) < 4.78 is 14.5. The van der Waals surface area contributed by atoms with Crippen LogP contribution in [0.3, 0.4) is 0 Å². The molecule has 12 nitrogen and oxygen atoms in total. The van der Waals surface area contributed by atoms with Crippen LogP contribution in [0.5, 0.6) is 0 Å². The molecule has 0 bridgehead atoms. The van der Waals surface area contributed by atoms with Gasteiger partial charge >= 0.3 is 6.03 Å². The number of hydrogen-bond acceptors (Lipinski definition) is 8. The lowest BCUT2D eigenvalue weighted by atomic mass is 10.0. The molecule has 2 heterocycles. The van der Waals surface area contributed by atoms with Gasteiger partial charge < -0.3 is 20.1 Å². The molecule has 0 spiro atoms. The van der Waals surface area contributed by atoms with E-state index in [1.165, 1.54) is 0 Å². The number of Topliss-reactive ketones (excluding diaryl/α,β-unsaturated/α-hetero) is 2. The zero-order chi connectivity index (χ0) is 37.3. The number of aromatic nitrogens is 3. The van der Waals surface area contributed by atoms with Crippen LogP contribution in [0.15, 0.2) is 71.7 Å². The van der Waals surface area contributed by atoms with Gasteiger partial charge in [0.05, 0.1) is 54.6 Å². The normalized spacial score (nSPS) is 10.9. The molecule has 52 heavy (non-hydrogen) atoms.